The summed E-state index contributed by atoms with van der Waals surface area (Å²) in [5.41, 5.74) is 4.88. The van der Waals surface area contributed by atoms with E-state index in [-0.39, 0.29) is 5.91 Å². The normalized spacial score (nSPS) is 13.3. The molecule has 1 saturated carbocycles. The molecule has 5 rings (SSSR count). The largest absolute Gasteiger partial charge is 0.370 e. The van der Waals surface area contributed by atoms with Crippen molar-refractivity contribution in [3.63, 3.8) is 0 Å². The van der Waals surface area contributed by atoms with E-state index in [9.17, 15) is 4.79 Å². The van der Waals surface area contributed by atoms with Gasteiger partial charge in [-0.3, -0.25) is 4.79 Å². The van der Waals surface area contributed by atoms with E-state index in [0.717, 1.165) is 60.3 Å². The highest BCUT2D eigenvalue weighted by atomic mass is 16.1. The van der Waals surface area contributed by atoms with Crippen molar-refractivity contribution in [3.8, 4) is 5.69 Å². The van der Waals surface area contributed by atoms with Crippen LogP contribution in [-0.2, 0) is 6.42 Å². The van der Waals surface area contributed by atoms with Gasteiger partial charge in [0.25, 0.3) is 5.91 Å². The number of hydrogen-bond donors (Lipinski definition) is 2. The summed E-state index contributed by atoms with van der Waals surface area (Å²) in [5, 5.41) is 12.0. The zero-order valence-electron chi connectivity index (χ0n) is 18.2. The summed E-state index contributed by atoms with van der Waals surface area (Å²) < 4.78 is 1.94. The van der Waals surface area contributed by atoms with E-state index in [4.69, 9.17) is 4.98 Å². The van der Waals surface area contributed by atoms with Gasteiger partial charge in [0.2, 0.25) is 0 Å². The maximum atomic E-state index is 12.8. The number of fused-ring (bicyclic) bond motifs is 1. The molecular weight excluding hydrogens is 398 g/mol. The van der Waals surface area contributed by atoms with E-state index >= 15 is 0 Å². The Morgan fingerprint density at radius 3 is 2.69 bits per heavy atom. The first kappa shape index (κ1) is 20.2. The quantitative estimate of drug-likeness (QED) is 0.403. The molecule has 2 N–H and O–H groups in total. The number of amides is 1. The van der Waals surface area contributed by atoms with Crippen molar-refractivity contribution in [1.82, 2.24) is 20.1 Å². The van der Waals surface area contributed by atoms with Gasteiger partial charge in [-0.05, 0) is 62.4 Å². The molecule has 6 nitrogen and oxygen atoms in total. The zero-order chi connectivity index (χ0) is 21.9. The molecule has 2 aromatic carbocycles. The fraction of sp³-hybridized carbons (Fsp3) is 0.269. The van der Waals surface area contributed by atoms with Crippen LogP contribution in [0.2, 0.25) is 0 Å². The van der Waals surface area contributed by atoms with Crippen LogP contribution in [0.25, 0.3) is 16.6 Å². The molecule has 162 valence electrons. The van der Waals surface area contributed by atoms with Gasteiger partial charge in [0.15, 0.2) is 0 Å². The van der Waals surface area contributed by atoms with Crippen LogP contribution >= 0.6 is 0 Å². The molecule has 1 aliphatic rings. The van der Waals surface area contributed by atoms with Gasteiger partial charge in [0.05, 0.1) is 22.5 Å². The summed E-state index contributed by atoms with van der Waals surface area (Å²) in [4.78, 5) is 17.5. The second kappa shape index (κ2) is 8.83. The Morgan fingerprint density at radius 1 is 1.09 bits per heavy atom. The second-order valence-corrected chi connectivity index (χ2v) is 8.37. The van der Waals surface area contributed by atoms with Crippen LogP contribution in [-0.4, -0.2) is 33.3 Å². The lowest BCUT2D eigenvalue weighted by Gasteiger charge is -2.11. The summed E-state index contributed by atoms with van der Waals surface area (Å²) in [6.45, 7) is 2.82. The Labute approximate surface area is 187 Å². The summed E-state index contributed by atoms with van der Waals surface area (Å²) in [7, 11) is 0. The minimum absolute atomic E-state index is 0.0156. The summed E-state index contributed by atoms with van der Waals surface area (Å²) in [6, 6.07) is 20.2. The number of aryl methyl sites for hydroxylation is 2. The van der Waals surface area contributed by atoms with Crippen LogP contribution in [0.1, 0.15) is 40.9 Å². The van der Waals surface area contributed by atoms with Gasteiger partial charge < -0.3 is 10.6 Å². The van der Waals surface area contributed by atoms with Crippen LogP contribution in [0.5, 0.6) is 0 Å². The van der Waals surface area contributed by atoms with Crippen LogP contribution < -0.4 is 10.6 Å². The zero-order valence-corrected chi connectivity index (χ0v) is 18.2. The molecule has 0 atom stereocenters. The van der Waals surface area contributed by atoms with Crippen LogP contribution in [0.4, 0.5) is 5.82 Å². The standard InChI is InChI=1S/C26H27N5O/c1-18-19(17-31(30-18)21-9-3-2-4-10-21)8-7-15-27-25-16-23(26(32)28-20-13-14-20)22-11-5-6-12-24(22)29-25/h2-6,9-12,16-17,20H,7-8,13-15H2,1H3,(H,27,29)(H,28,32). The summed E-state index contributed by atoms with van der Waals surface area (Å²) >= 11 is 0. The predicted molar refractivity (Wildman–Crippen MR) is 127 cm³/mol. The van der Waals surface area contributed by atoms with Crippen molar-refractivity contribution < 1.29 is 4.79 Å². The van der Waals surface area contributed by atoms with Gasteiger partial charge in [0, 0.05) is 24.2 Å². The highest BCUT2D eigenvalue weighted by molar-refractivity contribution is 6.07. The van der Waals surface area contributed by atoms with Crippen molar-refractivity contribution in [2.75, 3.05) is 11.9 Å². The van der Waals surface area contributed by atoms with Crippen molar-refractivity contribution in [3.05, 3.63) is 83.7 Å². The Kier molecular flexibility index (Phi) is 5.58. The maximum Gasteiger partial charge on any atom is 0.252 e. The number of carbonyl (C=O) groups excluding carboxylic acids is 1. The number of hydrogen-bond acceptors (Lipinski definition) is 4. The van der Waals surface area contributed by atoms with Crippen molar-refractivity contribution in [2.24, 2.45) is 0 Å². The van der Waals surface area contributed by atoms with E-state index in [1.807, 2.05) is 53.2 Å². The van der Waals surface area contributed by atoms with Gasteiger partial charge >= 0.3 is 0 Å². The minimum atomic E-state index is -0.0156. The molecule has 2 aromatic heterocycles. The number of aromatic nitrogens is 3. The SMILES string of the molecule is Cc1nn(-c2ccccc2)cc1CCCNc1cc(C(=O)NC2CC2)c2ccccc2n1. The van der Waals surface area contributed by atoms with E-state index in [1.54, 1.807) is 0 Å². The van der Waals surface area contributed by atoms with Gasteiger partial charge in [-0.15, -0.1) is 0 Å². The third-order valence-electron chi connectivity index (χ3n) is 5.82. The lowest BCUT2D eigenvalue weighted by molar-refractivity contribution is 0.0952. The number of nitrogens with zero attached hydrogens (tertiary/aromatic N) is 3. The number of para-hydroxylation sites is 2. The number of nitrogens with one attached hydrogen (secondary N) is 2. The molecule has 1 amide bonds. The number of pyridine rings is 1. The molecule has 1 aliphatic carbocycles. The average molecular weight is 426 g/mol. The Hall–Kier alpha value is -3.67. The first-order valence-electron chi connectivity index (χ1n) is 11.2. The van der Waals surface area contributed by atoms with E-state index < -0.39 is 0 Å². The van der Waals surface area contributed by atoms with E-state index in [2.05, 4.69) is 41.0 Å². The van der Waals surface area contributed by atoms with Crippen LogP contribution in [0.3, 0.4) is 0 Å². The highest BCUT2D eigenvalue weighted by Crippen LogP contribution is 2.24. The molecule has 6 heteroatoms. The fourth-order valence-corrected chi connectivity index (χ4v) is 3.89. The minimum Gasteiger partial charge on any atom is -0.370 e. The molecular formula is C26H27N5O. The van der Waals surface area contributed by atoms with Crippen LogP contribution in [0, 0.1) is 6.92 Å². The predicted octanol–water partition coefficient (Wildman–Crippen LogP) is 4.67. The highest BCUT2D eigenvalue weighted by Gasteiger charge is 2.25. The Balaban J connectivity index is 1.25. The number of rotatable bonds is 8. The van der Waals surface area contributed by atoms with Gasteiger partial charge in [0.1, 0.15) is 5.82 Å². The second-order valence-electron chi connectivity index (χ2n) is 8.37. The molecule has 32 heavy (non-hydrogen) atoms. The first-order chi connectivity index (χ1) is 15.7. The number of carbonyl (C=O) groups is 1. The molecule has 2 heterocycles. The molecule has 4 aromatic rings. The first-order valence-corrected chi connectivity index (χ1v) is 11.2. The summed E-state index contributed by atoms with van der Waals surface area (Å²) in [6.07, 6.45) is 6.12. The van der Waals surface area contributed by atoms with Gasteiger partial charge in [-0.1, -0.05) is 36.4 Å². The Morgan fingerprint density at radius 2 is 1.88 bits per heavy atom. The Bertz CT molecular complexity index is 1240. The fourth-order valence-electron chi connectivity index (χ4n) is 3.89. The lowest BCUT2D eigenvalue weighted by Crippen LogP contribution is -2.25. The third kappa shape index (κ3) is 4.49. The van der Waals surface area contributed by atoms with Crippen LogP contribution in [0.15, 0.2) is 66.9 Å². The number of anilines is 1. The number of benzene rings is 2. The average Bonchev–Trinajstić information content (AvgIpc) is 3.56. The van der Waals surface area contributed by atoms with Gasteiger partial charge in [-0.25, -0.2) is 9.67 Å². The van der Waals surface area contributed by atoms with Crippen molar-refractivity contribution in [1.29, 1.82) is 0 Å². The van der Waals surface area contributed by atoms with E-state index in [0.29, 0.717) is 11.6 Å². The molecule has 0 unspecified atom stereocenters. The third-order valence-corrected chi connectivity index (χ3v) is 5.82. The lowest BCUT2D eigenvalue weighted by atomic mass is 10.1. The summed E-state index contributed by atoms with van der Waals surface area (Å²) in [5.74, 6) is 0.722. The topological polar surface area (TPSA) is 71.8 Å². The smallest absolute Gasteiger partial charge is 0.252 e. The molecule has 1 fully saturated rings. The monoisotopic (exact) mass is 425 g/mol. The van der Waals surface area contributed by atoms with Crippen molar-refractivity contribution >= 4 is 22.6 Å². The van der Waals surface area contributed by atoms with Gasteiger partial charge in [-0.2, -0.15) is 5.10 Å². The van der Waals surface area contributed by atoms with E-state index in [1.165, 1.54) is 5.56 Å². The molecule has 0 aliphatic heterocycles. The molecule has 0 saturated heterocycles. The molecule has 0 radical (unpaired) electrons. The maximum absolute atomic E-state index is 12.8. The molecule has 0 spiro atoms. The van der Waals surface area contributed by atoms with Crippen molar-refractivity contribution in [2.45, 2.75) is 38.6 Å². The molecule has 0 bridgehead atoms.